The molecule has 0 spiro atoms. The number of Topliss-reactive ketones (excluding diaryl/α,β-unsaturated/α-hetero) is 1. The summed E-state index contributed by atoms with van der Waals surface area (Å²) in [6.45, 7) is 5.93. The lowest BCUT2D eigenvalue weighted by Crippen LogP contribution is -2.01. The second kappa shape index (κ2) is 4.65. The molecule has 1 heteroatoms. The zero-order valence-electron chi connectivity index (χ0n) is 9.88. The molecule has 1 aromatic carbocycles. The lowest BCUT2D eigenvalue weighted by Gasteiger charge is -2.05. The lowest BCUT2D eigenvalue weighted by molar-refractivity contribution is 0.0992. The summed E-state index contributed by atoms with van der Waals surface area (Å²) in [4.78, 5) is 12.0. The minimum absolute atomic E-state index is 0.210. The first-order valence-electron chi connectivity index (χ1n) is 6.02. The van der Waals surface area contributed by atoms with E-state index in [1.807, 2.05) is 13.0 Å². The highest BCUT2D eigenvalue weighted by atomic mass is 16.1. The van der Waals surface area contributed by atoms with Crippen LogP contribution in [0.2, 0.25) is 0 Å². The highest BCUT2D eigenvalue weighted by Crippen LogP contribution is 2.23. The predicted octanol–water partition coefficient (Wildman–Crippen LogP) is 3.71. The summed E-state index contributed by atoms with van der Waals surface area (Å²) >= 11 is 0. The molecular weight excluding hydrogens is 196 g/mol. The van der Waals surface area contributed by atoms with Gasteiger partial charge in [0.1, 0.15) is 0 Å². The fraction of sp³-hybridized carbons (Fsp3) is 0.400. The summed E-state index contributed by atoms with van der Waals surface area (Å²) in [6.07, 6.45) is 4.91. The first-order valence-corrected chi connectivity index (χ1v) is 6.02. The van der Waals surface area contributed by atoms with Gasteiger partial charge in [-0.15, -0.1) is 0 Å². The number of rotatable bonds is 4. The van der Waals surface area contributed by atoms with Crippen molar-refractivity contribution >= 4 is 5.78 Å². The fourth-order valence-corrected chi connectivity index (χ4v) is 2.20. The van der Waals surface area contributed by atoms with Gasteiger partial charge >= 0.3 is 0 Å². The number of fused-ring (bicyclic) bond motifs is 1. The Kier molecular flexibility index (Phi) is 3.23. The SMILES string of the molecule is C=C(CC)CC(=O)c1ccc2c(c1)CCC2. The van der Waals surface area contributed by atoms with Crippen LogP contribution in [-0.2, 0) is 12.8 Å². The molecule has 0 radical (unpaired) electrons. The molecule has 1 aromatic rings. The van der Waals surface area contributed by atoms with Crippen molar-refractivity contribution in [1.29, 1.82) is 0 Å². The van der Waals surface area contributed by atoms with E-state index in [0.717, 1.165) is 24.0 Å². The van der Waals surface area contributed by atoms with E-state index in [9.17, 15) is 4.79 Å². The van der Waals surface area contributed by atoms with Crippen LogP contribution in [0.3, 0.4) is 0 Å². The molecule has 0 amide bonds. The molecule has 1 aliphatic rings. The second-order valence-electron chi connectivity index (χ2n) is 4.54. The van der Waals surface area contributed by atoms with Gasteiger partial charge in [-0.2, -0.15) is 0 Å². The molecular formula is C15H18O. The number of hydrogen-bond donors (Lipinski definition) is 0. The van der Waals surface area contributed by atoms with Crippen molar-refractivity contribution in [2.24, 2.45) is 0 Å². The Morgan fingerprint density at radius 2 is 2.06 bits per heavy atom. The van der Waals surface area contributed by atoms with Crippen LogP contribution in [-0.4, -0.2) is 5.78 Å². The Morgan fingerprint density at radius 3 is 2.81 bits per heavy atom. The molecule has 1 nitrogen and oxygen atoms in total. The van der Waals surface area contributed by atoms with Crippen molar-refractivity contribution in [1.82, 2.24) is 0 Å². The monoisotopic (exact) mass is 214 g/mol. The van der Waals surface area contributed by atoms with Crippen molar-refractivity contribution in [3.63, 3.8) is 0 Å². The van der Waals surface area contributed by atoms with Gasteiger partial charge in [0.2, 0.25) is 0 Å². The Morgan fingerprint density at radius 1 is 1.31 bits per heavy atom. The van der Waals surface area contributed by atoms with Crippen LogP contribution in [0.1, 0.15) is 47.7 Å². The van der Waals surface area contributed by atoms with Gasteiger partial charge in [0, 0.05) is 12.0 Å². The summed E-state index contributed by atoms with van der Waals surface area (Å²) in [7, 11) is 0. The third kappa shape index (κ3) is 2.24. The molecule has 2 rings (SSSR count). The van der Waals surface area contributed by atoms with E-state index in [0.29, 0.717) is 6.42 Å². The summed E-state index contributed by atoms with van der Waals surface area (Å²) in [5, 5.41) is 0. The van der Waals surface area contributed by atoms with Crippen LogP contribution in [0, 0.1) is 0 Å². The smallest absolute Gasteiger partial charge is 0.166 e. The molecule has 0 bridgehead atoms. The number of benzene rings is 1. The Hall–Kier alpha value is -1.37. The number of carbonyl (C=O) groups excluding carboxylic acids is 1. The highest BCUT2D eigenvalue weighted by molar-refractivity contribution is 5.97. The Bertz CT molecular complexity index is 429. The van der Waals surface area contributed by atoms with Gasteiger partial charge < -0.3 is 0 Å². The van der Waals surface area contributed by atoms with E-state index >= 15 is 0 Å². The van der Waals surface area contributed by atoms with E-state index in [4.69, 9.17) is 0 Å². The summed E-state index contributed by atoms with van der Waals surface area (Å²) in [6, 6.07) is 6.16. The van der Waals surface area contributed by atoms with Gasteiger partial charge in [0.05, 0.1) is 0 Å². The van der Waals surface area contributed by atoms with E-state index in [-0.39, 0.29) is 5.78 Å². The van der Waals surface area contributed by atoms with Crippen LogP contribution in [0.15, 0.2) is 30.4 Å². The predicted molar refractivity (Wildman–Crippen MR) is 66.8 cm³/mol. The zero-order chi connectivity index (χ0) is 11.5. The lowest BCUT2D eigenvalue weighted by atomic mass is 9.99. The minimum Gasteiger partial charge on any atom is -0.294 e. The van der Waals surface area contributed by atoms with Gasteiger partial charge in [-0.25, -0.2) is 0 Å². The largest absolute Gasteiger partial charge is 0.294 e. The third-order valence-electron chi connectivity index (χ3n) is 3.33. The molecule has 84 valence electrons. The Labute approximate surface area is 97.2 Å². The molecule has 0 heterocycles. The Balaban J connectivity index is 2.15. The van der Waals surface area contributed by atoms with Gasteiger partial charge in [-0.3, -0.25) is 4.79 Å². The standard InChI is InChI=1S/C15H18O/c1-3-11(2)9-15(16)14-8-7-12-5-4-6-13(12)10-14/h7-8,10H,2-6,9H2,1H3. The van der Waals surface area contributed by atoms with E-state index in [1.54, 1.807) is 0 Å². The number of hydrogen-bond acceptors (Lipinski definition) is 1. The van der Waals surface area contributed by atoms with Crippen molar-refractivity contribution < 1.29 is 4.79 Å². The molecule has 0 unspecified atom stereocenters. The molecule has 0 N–H and O–H groups in total. The highest BCUT2D eigenvalue weighted by Gasteiger charge is 2.14. The average Bonchev–Trinajstić information content (AvgIpc) is 2.75. The van der Waals surface area contributed by atoms with E-state index in [1.165, 1.54) is 24.0 Å². The molecule has 0 saturated carbocycles. The first-order chi connectivity index (χ1) is 7.70. The molecule has 16 heavy (non-hydrogen) atoms. The first kappa shape index (κ1) is 11.1. The maximum Gasteiger partial charge on any atom is 0.166 e. The van der Waals surface area contributed by atoms with Crippen LogP contribution in [0.25, 0.3) is 0 Å². The molecule has 0 aliphatic heterocycles. The third-order valence-corrected chi connectivity index (χ3v) is 3.33. The van der Waals surface area contributed by atoms with Crippen LogP contribution in [0.5, 0.6) is 0 Å². The molecule has 0 saturated heterocycles. The van der Waals surface area contributed by atoms with Crippen molar-refractivity contribution in [2.45, 2.75) is 39.0 Å². The van der Waals surface area contributed by atoms with Gasteiger partial charge in [0.25, 0.3) is 0 Å². The van der Waals surface area contributed by atoms with Crippen LogP contribution >= 0.6 is 0 Å². The van der Waals surface area contributed by atoms with Crippen molar-refractivity contribution in [3.8, 4) is 0 Å². The van der Waals surface area contributed by atoms with Crippen LogP contribution in [0.4, 0.5) is 0 Å². The topological polar surface area (TPSA) is 17.1 Å². The zero-order valence-corrected chi connectivity index (χ0v) is 9.88. The summed E-state index contributed by atoms with van der Waals surface area (Å²) in [5.41, 5.74) is 4.67. The molecule has 1 aliphatic carbocycles. The van der Waals surface area contributed by atoms with E-state index in [2.05, 4.69) is 18.7 Å². The number of ketones is 1. The van der Waals surface area contributed by atoms with Crippen LogP contribution < -0.4 is 0 Å². The maximum atomic E-state index is 12.0. The molecule has 0 fully saturated rings. The number of carbonyl (C=O) groups is 1. The van der Waals surface area contributed by atoms with E-state index < -0.39 is 0 Å². The normalized spacial score (nSPS) is 13.6. The van der Waals surface area contributed by atoms with Gasteiger partial charge in [-0.1, -0.05) is 31.2 Å². The molecule has 0 aromatic heterocycles. The number of allylic oxidation sites excluding steroid dienone is 1. The molecule has 0 atom stereocenters. The van der Waals surface area contributed by atoms with Gasteiger partial charge in [-0.05, 0) is 42.9 Å². The van der Waals surface area contributed by atoms with Crippen molar-refractivity contribution in [3.05, 3.63) is 47.0 Å². The second-order valence-corrected chi connectivity index (χ2v) is 4.54. The maximum absolute atomic E-state index is 12.0. The quantitative estimate of drug-likeness (QED) is 0.551. The van der Waals surface area contributed by atoms with Crippen molar-refractivity contribution in [2.75, 3.05) is 0 Å². The summed E-state index contributed by atoms with van der Waals surface area (Å²) in [5.74, 6) is 0.210. The van der Waals surface area contributed by atoms with Gasteiger partial charge in [0.15, 0.2) is 5.78 Å². The summed E-state index contributed by atoms with van der Waals surface area (Å²) < 4.78 is 0. The fourth-order valence-electron chi connectivity index (χ4n) is 2.20. The average molecular weight is 214 g/mol. The number of aryl methyl sites for hydroxylation is 2. The minimum atomic E-state index is 0.210.